The van der Waals surface area contributed by atoms with E-state index in [1.54, 1.807) is 18.0 Å². The summed E-state index contributed by atoms with van der Waals surface area (Å²) in [4.78, 5) is 8.60. The molecule has 0 fully saturated rings. The molecule has 0 saturated heterocycles. The maximum Gasteiger partial charge on any atom is 0.229 e. The van der Waals surface area contributed by atoms with Crippen LogP contribution in [-0.4, -0.2) is 38.6 Å². The molecule has 1 unspecified atom stereocenters. The van der Waals surface area contributed by atoms with Crippen LogP contribution in [0.1, 0.15) is 18.5 Å². The van der Waals surface area contributed by atoms with Gasteiger partial charge in [-0.2, -0.15) is 10.1 Å². The van der Waals surface area contributed by atoms with Gasteiger partial charge in [-0.3, -0.25) is 4.68 Å². The van der Waals surface area contributed by atoms with Crippen LogP contribution in [0.5, 0.6) is 5.75 Å². The number of nitrogens with zero attached hydrogens (tertiary/aromatic N) is 4. The molecule has 3 N–H and O–H groups in total. The number of ether oxygens (including phenoxy) is 1. The Kier molecular flexibility index (Phi) is 6.10. The van der Waals surface area contributed by atoms with Crippen molar-refractivity contribution in [3.8, 4) is 5.75 Å². The third-order valence-electron chi connectivity index (χ3n) is 3.95. The lowest BCUT2D eigenvalue weighted by Crippen LogP contribution is -2.16. The van der Waals surface area contributed by atoms with Crippen LogP contribution < -0.4 is 15.4 Å². The van der Waals surface area contributed by atoms with Crippen LogP contribution in [0, 0.1) is 0 Å². The van der Waals surface area contributed by atoms with Gasteiger partial charge in [0.2, 0.25) is 5.95 Å². The number of methoxy groups -OCH3 is 1. The fraction of sp³-hybridized carbons (Fsp3) is 0.278. The molecule has 0 saturated carbocycles. The molecule has 0 bridgehead atoms. The molecule has 27 heavy (non-hydrogen) atoms. The summed E-state index contributed by atoms with van der Waals surface area (Å²) in [7, 11) is 1.60. The predicted octanol–water partition coefficient (Wildman–Crippen LogP) is 3.24. The van der Waals surface area contributed by atoms with Crippen LogP contribution in [0.2, 0.25) is 5.02 Å². The first-order valence-corrected chi connectivity index (χ1v) is 8.84. The monoisotopic (exact) mass is 388 g/mol. The average molecular weight is 389 g/mol. The Balaban J connectivity index is 1.80. The van der Waals surface area contributed by atoms with Gasteiger partial charge in [0.25, 0.3) is 0 Å². The second-order valence-corrected chi connectivity index (χ2v) is 6.16. The number of nitrogens with one attached hydrogen (secondary N) is 2. The molecule has 9 heteroatoms. The van der Waals surface area contributed by atoms with Gasteiger partial charge in [-0.15, -0.1) is 0 Å². The van der Waals surface area contributed by atoms with E-state index in [1.807, 2.05) is 37.4 Å². The molecular weight excluding hydrogens is 368 g/mol. The largest absolute Gasteiger partial charge is 0.497 e. The molecule has 0 radical (unpaired) electrons. The van der Waals surface area contributed by atoms with Gasteiger partial charge in [0, 0.05) is 12.7 Å². The number of aryl methyl sites for hydroxylation is 1. The molecular formula is C18H21ClN6O2. The molecule has 0 aliphatic heterocycles. The number of aliphatic hydroxyl groups is 1. The van der Waals surface area contributed by atoms with Gasteiger partial charge in [-0.1, -0.05) is 23.7 Å². The molecule has 1 atom stereocenters. The van der Waals surface area contributed by atoms with Crippen LogP contribution in [-0.2, 0) is 6.54 Å². The Morgan fingerprint density at radius 3 is 2.89 bits per heavy atom. The minimum atomic E-state index is -0.400. The highest BCUT2D eigenvalue weighted by molar-refractivity contribution is 6.32. The van der Waals surface area contributed by atoms with Crippen molar-refractivity contribution in [2.24, 2.45) is 0 Å². The Morgan fingerprint density at radius 2 is 2.19 bits per heavy atom. The smallest absolute Gasteiger partial charge is 0.229 e. The highest BCUT2D eigenvalue weighted by Crippen LogP contribution is 2.27. The maximum atomic E-state index is 9.81. The molecule has 1 aromatic carbocycles. The fourth-order valence-electron chi connectivity index (χ4n) is 2.52. The van der Waals surface area contributed by atoms with Crippen molar-refractivity contribution in [3.63, 3.8) is 0 Å². The van der Waals surface area contributed by atoms with Crippen molar-refractivity contribution in [3.05, 3.63) is 53.4 Å². The van der Waals surface area contributed by atoms with Gasteiger partial charge in [0.1, 0.15) is 10.8 Å². The van der Waals surface area contributed by atoms with E-state index >= 15 is 0 Å². The molecule has 8 nitrogen and oxygen atoms in total. The van der Waals surface area contributed by atoms with Gasteiger partial charge in [0.15, 0.2) is 5.82 Å². The van der Waals surface area contributed by atoms with Crippen molar-refractivity contribution in [1.82, 2.24) is 19.7 Å². The van der Waals surface area contributed by atoms with Crippen LogP contribution in [0.3, 0.4) is 0 Å². The number of anilines is 3. The Labute approximate surface area is 162 Å². The predicted molar refractivity (Wildman–Crippen MR) is 105 cm³/mol. The van der Waals surface area contributed by atoms with Crippen LogP contribution in [0.4, 0.5) is 17.5 Å². The third-order valence-corrected chi connectivity index (χ3v) is 4.22. The standard InChI is InChI=1S/C18H21ClN6O2/c1-3-25-10-13(8-21-25)22-18-20-9-15(19)17(24-18)23-16(11-26)12-5-4-6-14(7-12)27-2/h4-10,16,26H,3,11H2,1-2H3,(H2,20,22,23,24). The van der Waals surface area contributed by atoms with Gasteiger partial charge >= 0.3 is 0 Å². The molecule has 0 spiro atoms. The Hall–Kier alpha value is -2.84. The average Bonchev–Trinajstić information content (AvgIpc) is 3.16. The summed E-state index contributed by atoms with van der Waals surface area (Å²) in [6.07, 6.45) is 5.06. The van der Waals surface area contributed by atoms with E-state index in [9.17, 15) is 5.11 Å². The minimum Gasteiger partial charge on any atom is -0.497 e. The Morgan fingerprint density at radius 1 is 1.33 bits per heavy atom. The first-order chi connectivity index (χ1) is 13.1. The molecule has 2 heterocycles. The molecule has 0 aliphatic carbocycles. The van der Waals surface area contributed by atoms with Gasteiger partial charge in [-0.25, -0.2) is 4.98 Å². The minimum absolute atomic E-state index is 0.139. The lowest BCUT2D eigenvalue weighted by atomic mass is 10.1. The van der Waals surface area contributed by atoms with Crippen LogP contribution in [0.15, 0.2) is 42.9 Å². The van der Waals surface area contributed by atoms with E-state index in [0.29, 0.717) is 22.5 Å². The molecule has 3 rings (SSSR count). The van der Waals surface area contributed by atoms with Gasteiger partial charge < -0.3 is 20.5 Å². The van der Waals surface area contributed by atoms with Crippen LogP contribution in [0.25, 0.3) is 0 Å². The van der Waals surface area contributed by atoms with E-state index < -0.39 is 6.04 Å². The van der Waals surface area contributed by atoms with E-state index in [2.05, 4.69) is 25.7 Å². The highest BCUT2D eigenvalue weighted by Gasteiger charge is 2.15. The number of halogens is 1. The van der Waals surface area contributed by atoms with Crippen LogP contribution >= 0.6 is 11.6 Å². The maximum absolute atomic E-state index is 9.81. The first kappa shape index (κ1) is 18.9. The second-order valence-electron chi connectivity index (χ2n) is 5.76. The number of hydrogen-bond acceptors (Lipinski definition) is 7. The van der Waals surface area contributed by atoms with Crippen molar-refractivity contribution < 1.29 is 9.84 Å². The van der Waals surface area contributed by atoms with Crippen molar-refractivity contribution in [1.29, 1.82) is 0 Å². The summed E-state index contributed by atoms with van der Waals surface area (Å²) in [6.45, 7) is 2.64. The zero-order chi connectivity index (χ0) is 19.2. The van der Waals surface area contributed by atoms with Crippen molar-refractivity contribution in [2.45, 2.75) is 19.5 Å². The molecule has 0 aliphatic rings. The number of rotatable bonds is 8. The lowest BCUT2D eigenvalue weighted by molar-refractivity contribution is 0.276. The summed E-state index contributed by atoms with van der Waals surface area (Å²) >= 11 is 6.23. The van der Waals surface area contributed by atoms with E-state index in [4.69, 9.17) is 16.3 Å². The normalized spacial score (nSPS) is 11.9. The SMILES string of the molecule is CCn1cc(Nc2ncc(Cl)c(NC(CO)c3cccc(OC)c3)n2)cn1. The van der Waals surface area contributed by atoms with Gasteiger partial charge in [0.05, 0.1) is 37.8 Å². The van der Waals surface area contributed by atoms with Crippen molar-refractivity contribution in [2.75, 3.05) is 24.4 Å². The van der Waals surface area contributed by atoms with E-state index in [-0.39, 0.29) is 6.61 Å². The number of benzene rings is 1. The second kappa shape index (κ2) is 8.70. The number of hydrogen-bond donors (Lipinski definition) is 3. The number of aromatic nitrogens is 4. The summed E-state index contributed by atoms with van der Waals surface area (Å²) in [5, 5.41) is 20.6. The summed E-state index contributed by atoms with van der Waals surface area (Å²) in [6, 6.07) is 7.04. The lowest BCUT2D eigenvalue weighted by Gasteiger charge is -2.19. The summed E-state index contributed by atoms with van der Waals surface area (Å²) in [5.41, 5.74) is 1.63. The number of aliphatic hydroxyl groups excluding tert-OH is 1. The molecule has 0 amide bonds. The van der Waals surface area contributed by atoms with E-state index in [0.717, 1.165) is 17.8 Å². The first-order valence-electron chi connectivity index (χ1n) is 8.46. The third kappa shape index (κ3) is 4.66. The Bertz CT molecular complexity index is 901. The molecule has 2 aromatic heterocycles. The highest BCUT2D eigenvalue weighted by atomic mass is 35.5. The molecule has 142 valence electrons. The zero-order valence-corrected chi connectivity index (χ0v) is 15.8. The fourth-order valence-corrected chi connectivity index (χ4v) is 2.66. The zero-order valence-electron chi connectivity index (χ0n) is 15.1. The summed E-state index contributed by atoms with van der Waals surface area (Å²) in [5.74, 6) is 1.50. The van der Waals surface area contributed by atoms with Crippen molar-refractivity contribution >= 4 is 29.1 Å². The summed E-state index contributed by atoms with van der Waals surface area (Å²) < 4.78 is 7.03. The quantitative estimate of drug-likeness (QED) is 0.545. The van der Waals surface area contributed by atoms with Gasteiger partial charge in [-0.05, 0) is 24.6 Å². The topological polar surface area (TPSA) is 97.1 Å². The van der Waals surface area contributed by atoms with E-state index in [1.165, 1.54) is 6.20 Å². The molecule has 3 aromatic rings.